The molecule has 0 radical (unpaired) electrons. The van der Waals surface area contributed by atoms with E-state index in [-0.39, 0.29) is 11.8 Å². The minimum atomic E-state index is -0.943. The average Bonchev–Trinajstić information content (AvgIpc) is 2.19. The Morgan fingerprint density at radius 2 is 1.79 bits per heavy atom. The van der Waals surface area contributed by atoms with Crippen molar-refractivity contribution in [3.8, 4) is 0 Å². The molecule has 14 heavy (non-hydrogen) atoms. The molecule has 0 spiro atoms. The van der Waals surface area contributed by atoms with Crippen LogP contribution in [0.15, 0.2) is 30.3 Å². The van der Waals surface area contributed by atoms with Gasteiger partial charge in [0.2, 0.25) is 0 Å². The van der Waals surface area contributed by atoms with Crippen LogP contribution in [0, 0.1) is 11.8 Å². The van der Waals surface area contributed by atoms with E-state index in [1.807, 2.05) is 44.2 Å². The Hall–Kier alpha value is -0.890. The van der Waals surface area contributed by atoms with Gasteiger partial charge in [-0.05, 0) is 18.0 Å². The third kappa shape index (κ3) is 2.55. The van der Waals surface area contributed by atoms with E-state index in [2.05, 4.69) is 0 Å². The second kappa shape index (κ2) is 5.11. The minimum absolute atomic E-state index is 0.0857. The van der Waals surface area contributed by atoms with Crippen LogP contribution in [0.4, 0.5) is 4.39 Å². The zero-order valence-corrected chi connectivity index (χ0v) is 8.78. The SMILES string of the molecule is CC(C)C(CN)C(F)c1ccccc1. The van der Waals surface area contributed by atoms with E-state index < -0.39 is 6.17 Å². The summed E-state index contributed by atoms with van der Waals surface area (Å²) in [5.74, 6) is 0.188. The number of rotatable bonds is 4. The van der Waals surface area contributed by atoms with Crippen LogP contribution in [0.1, 0.15) is 25.6 Å². The first-order valence-electron chi connectivity index (χ1n) is 5.06. The Morgan fingerprint density at radius 1 is 1.21 bits per heavy atom. The van der Waals surface area contributed by atoms with Crippen molar-refractivity contribution in [3.05, 3.63) is 35.9 Å². The summed E-state index contributed by atoms with van der Waals surface area (Å²) in [4.78, 5) is 0. The van der Waals surface area contributed by atoms with Crippen LogP contribution in [0.3, 0.4) is 0 Å². The lowest BCUT2D eigenvalue weighted by molar-refractivity contribution is 0.188. The molecule has 0 bridgehead atoms. The summed E-state index contributed by atoms with van der Waals surface area (Å²) in [6.07, 6.45) is -0.943. The molecule has 2 unspecified atom stereocenters. The molecule has 2 heteroatoms. The summed E-state index contributed by atoms with van der Waals surface area (Å²) < 4.78 is 14.0. The highest BCUT2D eigenvalue weighted by molar-refractivity contribution is 5.18. The van der Waals surface area contributed by atoms with Crippen molar-refractivity contribution in [2.45, 2.75) is 20.0 Å². The van der Waals surface area contributed by atoms with Gasteiger partial charge in [-0.3, -0.25) is 0 Å². The van der Waals surface area contributed by atoms with Gasteiger partial charge in [0.15, 0.2) is 0 Å². The van der Waals surface area contributed by atoms with E-state index in [9.17, 15) is 4.39 Å². The largest absolute Gasteiger partial charge is 0.330 e. The summed E-state index contributed by atoms with van der Waals surface area (Å²) in [6, 6.07) is 9.24. The number of halogens is 1. The Morgan fingerprint density at radius 3 is 2.21 bits per heavy atom. The molecular weight excluding hydrogens is 177 g/mol. The van der Waals surface area contributed by atoms with Gasteiger partial charge in [0.1, 0.15) is 6.17 Å². The van der Waals surface area contributed by atoms with E-state index >= 15 is 0 Å². The smallest absolute Gasteiger partial charge is 0.129 e. The zero-order chi connectivity index (χ0) is 10.6. The molecule has 0 aliphatic rings. The molecule has 0 aliphatic carbocycles. The van der Waals surface area contributed by atoms with Crippen molar-refractivity contribution in [1.82, 2.24) is 0 Å². The molecule has 1 nitrogen and oxygen atoms in total. The van der Waals surface area contributed by atoms with E-state index in [1.165, 1.54) is 0 Å². The second-order valence-electron chi connectivity index (χ2n) is 3.96. The molecule has 2 atom stereocenters. The van der Waals surface area contributed by atoms with Crippen LogP contribution in [-0.2, 0) is 0 Å². The highest BCUT2D eigenvalue weighted by Crippen LogP contribution is 2.30. The van der Waals surface area contributed by atoms with Crippen molar-refractivity contribution in [1.29, 1.82) is 0 Å². The van der Waals surface area contributed by atoms with Gasteiger partial charge in [-0.15, -0.1) is 0 Å². The molecule has 1 rings (SSSR count). The van der Waals surface area contributed by atoms with Crippen molar-refractivity contribution in [3.63, 3.8) is 0 Å². The monoisotopic (exact) mass is 195 g/mol. The van der Waals surface area contributed by atoms with Gasteiger partial charge in [0, 0.05) is 5.92 Å². The lowest BCUT2D eigenvalue weighted by Gasteiger charge is -2.23. The molecule has 0 amide bonds. The first-order valence-corrected chi connectivity index (χ1v) is 5.06. The fraction of sp³-hybridized carbons (Fsp3) is 0.500. The highest BCUT2D eigenvalue weighted by Gasteiger charge is 2.23. The third-order valence-corrected chi connectivity index (χ3v) is 2.62. The van der Waals surface area contributed by atoms with Crippen LogP contribution >= 0.6 is 0 Å². The van der Waals surface area contributed by atoms with Crippen molar-refractivity contribution < 1.29 is 4.39 Å². The molecule has 78 valence electrons. The van der Waals surface area contributed by atoms with Crippen LogP contribution < -0.4 is 5.73 Å². The molecule has 1 aromatic carbocycles. The number of benzene rings is 1. The first-order chi connectivity index (χ1) is 6.66. The average molecular weight is 195 g/mol. The fourth-order valence-corrected chi connectivity index (χ4v) is 1.61. The topological polar surface area (TPSA) is 26.0 Å². The maximum atomic E-state index is 14.0. The number of nitrogens with two attached hydrogens (primary N) is 1. The summed E-state index contributed by atoms with van der Waals surface area (Å²) in [7, 11) is 0. The standard InChI is InChI=1S/C12H18FN/c1-9(2)11(8-14)12(13)10-6-4-3-5-7-10/h3-7,9,11-12H,8,14H2,1-2H3. The van der Waals surface area contributed by atoms with Crippen LogP contribution in [0.2, 0.25) is 0 Å². The van der Waals surface area contributed by atoms with E-state index in [0.29, 0.717) is 6.54 Å². The molecular formula is C12H18FN. The van der Waals surface area contributed by atoms with E-state index in [1.54, 1.807) is 0 Å². The lowest BCUT2D eigenvalue weighted by Crippen LogP contribution is -2.24. The summed E-state index contributed by atoms with van der Waals surface area (Å²) in [5, 5.41) is 0. The lowest BCUT2D eigenvalue weighted by atomic mass is 9.88. The van der Waals surface area contributed by atoms with Crippen LogP contribution in [0.5, 0.6) is 0 Å². The normalized spacial score (nSPS) is 15.5. The Kier molecular flexibility index (Phi) is 4.08. The van der Waals surface area contributed by atoms with Crippen LogP contribution in [-0.4, -0.2) is 6.54 Å². The molecule has 0 aromatic heterocycles. The fourth-order valence-electron chi connectivity index (χ4n) is 1.61. The molecule has 1 aromatic rings. The first kappa shape index (κ1) is 11.2. The Labute approximate surface area is 85.1 Å². The van der Waals surface area contributed by atoms with E-state index in [0.717, 1.165) is 5.56 Å². The van der Waals surface area contributed by atoms with Crippen LogP contribution in [0.25, 0.3) is 0 Å². The number of alkyl halides is 1. The summed E-state index contributed by atoms with van der Waals surface area (Å²) in [6.45, 7) is 4.41. The van der Waals surface area contributed by atoms with Gasteiger partial charge in [-0.1, -0.05) is 44.2 Å². The van der Waals surface area contributed by atoms with Crippen molar-refractivity contribution in [2.24, 2.45) is 17.6 Å². The second-order valence-corrected chi connectivity index (χ2v) is 3.96. The maximum absolute atomic E-state index is 14.0. The minimum Gasteiger partial charge on any atom is -0.330 e. The van der Waals surface area contributed by atoms with Gasteiger partial charge in [0.05, 0.1) is 0 Å². The quantitative estimate of drug-likeness (QED) is 0.785. The number of hydrogen-bond acceptors (Lipinski definition) is 1. The highest BCUT2D eigenvalue weighted by atomic mass is 19.1. The predicted molar refractivity (Wildman–Crippen MR) is 57.7 cm³/mol. The maximum Gasteiger partial charge on any atom is 0.129 e. The van der Waals surface area contributed by atoms with Crippen molar-refractivity contribution >= 4 is 0 Å². The van der Waals surface area contributed by atoms with Gasteiger partial charge in [-0.25, -0.2) is 4.39 Å². The molecule has 2 N–H and O–H groups in total. The molecule has 0 heterocycles. The zero-order valence-electron chi connectivity index (χ0n) is 8.78. The predicted octanol–water partition coefficient (Wildman–Crippen LogP) is 2.93. The Bertz CT molecular complexity index is 258. The summed E-state index contributed by atoms with van der Waals surface area (Å²) >= 11 is 0. The number of hydrogen-bond donors (Lipinski definition) is 1. The Balaban J connectivity index is 2.78. The molecule has 0 aliphatic heterocycles. The van der Waals surface area contributed by atoms with E-state index in [4.69, 9.17) is 5.73 Å². The summed E-state index contributed by atoms with van der Waals surface area (Å²) in [5.41, 5.74) is 6.30. The van der Waals surface area contributed by atoms with Gasteiger partial charge in [-0.2, -0.15) is 0 Å². The van der Waals surface area contributed by atoms with Crippen molar-refractivity contribution in [2.75, 3.05) is 6.54 Å². The molecule has 0 fully saturated rings. The molecule has 0 saturated heterocycles. The van der Waals surface area contributed by atoms with Gasteiger partial charge < -0.3 is 5.73 Å². The van der Waals surface area contributed by atoms with Gasteiger partial charge >= 0.3 is 0 Å². The van der Waals surface area contributed by atoms with Gasteiger partial charge in [0.25, 0.3) is 0 Å². The molecule has 0 saturated carbocycles. The third-order valence-electron chi connectivity index (χ3n) is 2.62.